The van der Waals surface area contributed by atoms with Crippen LogP contribution in [0.4, 0.5) is 0 Å². The minimum absolute atomic E-state index is 0.0779. The molecule has 0 aliphatic carbocycles. The maximum absolute atomic E-state index is 11.5. The van der Waals surface area contributed by atoms with Gasteiger partial charge in [-0.1, -0.05) is 13.5 Å². The van der Waals surface area contributed by atoms with Gasteiger partial charge in [0.2, 0.25) is 5.91 Å². The van der Waals surface area contributed by atoms with E-state index >= 15 is 0 Å². The summed E-state index contributed by atoms with van der Waals surface area (Å²) in [4.78, 5) is 34.8. The maximum Gasteiger partial charge on any atom is 0.307 e. The number of ether oxygens (including phenoxy) is 1. The molecule has 0 bridgehead atoms. The maximum atomic E-state index is 11.5. The average molecular weight is 225 g/mol. The highest BCUT2D eigenvalue weighted by Gasteiger charge is 2.43. The van der Waals surface area contributed by atoms with E-state index in [4.69, 9.17) is 4.74 Å². The first-order valence-electron chi connectivity index (χ1n) is 5.18. The Bertz CT molecular complexity index is 348. The van der Waals surface area contributed by atoms with E-state index in [9.17, 15) is 14.4 Å². The Hall–Kier alpha value is -1.65. The van der Waals surface area contributed by atoms with Crippen molar-refractivity contribution in [1.29, 1.82) is 0 Å². The second kappa shape index (κ2) is 4.92. The van der Waals surface area contributed by atoms with Crippen LogP contribution in [0.1, 0.15) is 33.1 Å². The molecule has 1 fully saturated rings. The van der Waals surface area contributed by atoms with Crippen LogP contribution in [0.25, 0.3) is 0 Å². The van der Waals surface area contributed by atoms with Gasteiger partial charge in [-0.15, -0.1) is 0 Å². The normalized spacial score (nSPS) is 19.0. The minimum atomic E-state index is -0.740. The number of hydrogen-bond donors (Lipinski definition) is 0. The first-order valence-corrected chi connectivity index (χ1v) is 5.18. The average Bonchev–Trinajstić information content (AvgIpc) is 2.16. The molecule has 5 nitrogen and oxygen atoms in total. The summed E-state index contributed by atoms with van der Waals surface area (Å²) in [6.45, 7) is 6.82. The van der Waals surface area contributed by atoms with Gasteiger partial charge >= 0.3 is 5.97 Å². The number of esters is 1. The van der Waals surface area contributed by atoms with E-state index in [1.807, 2.05) is 6.92 Å². The van der Waals surface area contributed by atoms with Crippen molar-refractivity contribution in [2.45, 2.75) is 39.3 Å². The quantitative estimate of drug-likeness (QED) is 0.406. The van der Waals surface area contributed by atoms with Crippen molar-refractivity contribution >= 4 is 17.8 Å². The molecule has 1 aliphatic heterocycles. The highest BCUT2D eigenvalue weighted by Crippen LogP contribution is 2.22. The molecule has 0 spiro atoms. The van der Waals surface area contributed by atoms with E-state index in [2.05, 4.69) is 6.58 Å². The first-order chi connectivity index (χ1) is 7.47. The molecule has 16 heavy (non-hydrogen) atoms. The highest BCUT2D eigenvalue weighted by molar-refractivity contribution is 6.07. The van der Waals surface area contributed by atoms with Crippen molar-refractivity contribution in [2.75, 3.05) is 0 Å². The van der Waals surface area contributed by atoms with Gasteiger partial charge < -0.3 is 4.74 Å². The van der Waals surface area contributed by atoms with Crippen LogP contribution < -0.4 is 0 Å². The van der Waals surface area contributed by atoms with Crippen LogP contribution in [-0.4, -0.2) is 28.9 Å². The van der Waals surface area contributed by atoms with Crippen LogP contribution in [0.5, 0.6) is 0 Å². The fourth-order valence-electron chi connectivity index (χ4n) is 1.35. The van der Waals surface area contributed by atoms with Crippen molar-refractivity contribution < 1.29 is 19.1 Å². The van der Waals surface area contributed by atoms with Crippen molar-refractivity contribution in [3.63, 3.8) is 0 Å². The molecule has 0 saturated carbocycles. The molecule has 1 aliphatic rings. The molecule has 0 aromatic rings. The van der Waals surface area contributed by atoms with Gasteiger partial charge in [0.15, 0.2) is 6.23 Å². The van der Waals surface area contributed by atoms with E-state index in [0.29, 0.717) is 12.8 Å². The van der Waals surface area contributed by atoms with Crippen LogP contribution in [0.3, 0.4) is 0 Å². The number of likely N-dealkylation sites (tertiary alicyclic amines) is 1. The van der Waals surface area contributed by atoms with E-state index in [1.54, 1.807) is 0 Å². The third-order valence-corrected chi connectivity index (χ3v) is 2.21. The molecule has 0 N–H and O–H groups in total. The molecule has 1 atom stereocenters. The first kappa shape index (κ1) is 12.4. The summed E-state index contributed by atoms with van der Waals surface area (Å²) < 4.78 is 4.99. The lowest BCUT2D eigenvalue weighted by Gasteiger charge is -2.37. The summed E-state index contributed by atoms with van der Waals surface area (Å²) >= 11 is 0. The summed E-state index contributed by atoms with van der Waals surface area (Å²) in [5.41, 5.74) is 0.254. The molecule has 1 rings (SSSR count). The van der Waals surface area contributed by atoms with Crippen LogP contribution in [0.15, 0.2) is 12.2 Å². The summed E-state index contributed by atoms with van der Waals surface area (Å²) in [5.74, 6) is -1.20. The van der Waals surface area contributed by atoms with Gasteiger partial charge in [-0.2, -0.15) is 0 Å². The summed E-state index contributed by atoms with van der Waals surface area (Å²) in [6.07, 6.45) is 0.304. The Morgan fingerprint density at radius 1 is 1.56 bits per heavy atom. The minimum Gasteiger partial charge on any atom is -0.440 e. The molecular weight excluding hydrogens is 210 g/mol. The van der Waals surface area contributed by atoms with Gasteiger partial charge in [0, 0.05) is 12.0 Å². The SMILES string of the molecule is C=C(C)C(=O)N1C(=O)CC1OC(=O)CCC. The van der Waals surface area contributed by atoms with Crippen molar-refractivity contribution in [2.24, 2.45) is 0 Å². The second-order valence-electron chi connectivity index (χ2n) is 3.75. The van der Waals surface area contributed by atoms with E-state index in [1.165, 1.54) is 6.92 Å². The number of nitrogens with zero attached hydrogens (tertiary/aromatic N) is 1. The number of carbonyl (C=O) groups is 3. The molecule has 1 unspecified atom stereocenters. The van der Waals surface area contributed by atoms with Gasteiger partial charge in [-0.25, -0.2) is 4.90 Å². The highest BCUT2D eigenvalue weighted by atomic mass is 16.6. The monoisotopic (exact) mass is 225 g/mol. The Labute approximate surface area is 94.1 Å². The fourth-order valence-corrected chi connectivity index (χ4v) is 1.35. The standard InChI is InChI=1S/C11H15NO4/c1-4-5-10(14)16-9-6-8(13)12(9)11(15)7(2)3/h9H,2,4-6H2,1,3H3. The van der Waals surface area contributed by atoms with Crippen molar-refractivity contribution in [3.05, 3.63) is 12.2 Å². The number of rotatable bonds is 4. The Morgan fingerprint density at radius 2 is 2.19 bits per heavy atom. The largest absolute Gasteiger partial charge is 0.440 e. The number of amides is 2. The Kier molecular flexibility index (Phi) is 3.82. The third kappa shape index (κ3) is 2.48. The lowest BCUT2D eigenvalue weighted by atomic mass is 10.1. The third-order valence-electron chi connectivity index (χ3n) is 2.21. The molecule has 5 heteroatoms. The smallest absolute Gasteiger partial charge is 0.307 e. The molecule has 2 amide bonds. The van der Waals surface area contributed by atoms with Crippen LogP contribution in [0, 0.1) is 0 Å². The zero-order valence-electron chi connectivity index (χ0n) is 9.49. The molecule has 0 aromatic heterocycles. The number of hydrogen-bond acceptors (Lipinski definition) is 4. The van der Waals surface area contributed by atoms with Gasteiger partial charge in [0.1, 0.15) is 0 Å². The summed E-state index contributed by atoms with van der Waals surface area (Å²) in [5, 5.41) is 0. The van der Waals surface area contributed by atoms with Crippen molar-refractivity contribution in [1.82, 2.24) is 4.90 Å². The van der Waals surface area contributed by atoms with Crippen molar-refractivity contribution in [3.8, 4) is 0 Å². The van der Waals surface area contributed by atoms with E-state index < -0.39 is 12.1 Å². The molecule has 1 heterocycles. The Balaban J connectivity index is 2.57. The topological polar surface area (TPSA) is 63.7 Å². The number of carbonyl (C=O) groups excluding carboxylic acids is 3. The van der Waals surface area contributed by atoms with E-state index in [-0.39, 0.29) is 23.9 Å². The van der Waals surface area contributed by atoms with Gasteiger partial charge in [0.25, 0.3) is 5.91 Å². The number of β-lactam (4-membered cyclic amide) rings is 1. The zero-order valence-corrected chi connectivity index (χ0v) is 9.49. The van der Waals surface area contributed by atoms with Gasteiger partial charge in [0.05, 0.1) is 6.42 Å². The Morgan fingerprint density at radius 3 is 2.62 bits per heavy atom. The molecule has 1 saturated heterocycles. The van der Waals surface area contributed by atoms with Gasteiger partial charge in [-0.05, 0) is 13.3 Å². The summed E-state index contributed by atoms with van der Waals surface area (Å²) in [6, 6.07) is 0. The second-order valence-corrected chi connectivity index (χ2v) is 3.75. The van der Waals surface area contributed by atoms with E-state index in [0.717, 1.165) is 4.90 Å². The number of imide groups is 1. The molecule has 0 radical (unpaired) electrons. The van der Waals surface area contributed by atoms with Crippen LogP contribution >= 0.6 is 0 Å². The lowest BCUT2D eigenvalue weighted by Crippen LogP contribution is -2.57. The molecule has 88 valence electrons. The van der Waals surface area contributed by atoms with Crippen LogP contribution in [0.2, 0.25) is 0 Å². The zero-order chi connectivity index (χ0) is 12.3. The summed E-state index contributed by atoms with van der Waals surface area (Å²) in [7, 11) is 0. The molecule has 0 aromatic carbocycles. The fraction of sp³-hybridized carbons (Fsp3) is 0.545. The van der Waals surface area contributed by atoms with Gasteiger partial charge in [-0.3, -0.25) is 14.4 Å². The molecular formula is C11H15NO4. The predicted molar refractivity (Wildman–Crippen MR) is 56.1 cm³/mol. The predicted octanol–water partition coefficient (Wildman–Crippen LogP) is 0.991. The lowest BCUT2D eigenvalue weighted by molar-refractivity contribution is -0.186. The van der Waals surface area contributed by atoms with Crippen LogP contribution in [-0.2, 0) is 19.1 Å².